The molecule has 1 heterocycles. The Hall–Kier alpha value is -1.29. The minimum absolute atomic E-state index is 0.134. The molecule has 2 aliphatic carbocycles. The average molecular weight is 658 g/mol. The first-order valence-corrected chi connectivity index (χ1v) is 25.1. The van der Waals surface area contributed by atoms with Gasteiger partial charge in [0.25, 0.3) is 0 Å². The van der Waals surface area contributed by atoms with Crippen LogP contribution >= 0.6 is 42.3 Å². The first-order chi connectivity index (χ1) is 16.7. The molecular weight excluding hydrogens is 636 g/mol. The number of hydrogen-bond acceptors (Lipinski definition) is 2. The van der Waals surface area contributed by atoms with E-state index in [0.717, 1.165) is 7.74 Å². The molecule has 0 amide bonds. The first-order valence-electron chi connectivity index (χ1n) is 11.6. The van der Waals surface area contributed by atoms with Crippen molar-refractivity contribution in [3.63, 3.8) is 0 Å². The van der Waals surface area contributed by atoms with Crippen molar-refractivity contribution in [3.05, 3.63) is 117 Å². The van der Waals surface area contributed by atoms with Crippen LogP contribution in [0.25, 0.3) is 22.8 Å². The normalized spacial score (nSPS) is 18.8. The van der Waals surface area contributed by atoms with E-state index < -0.39 is 14.9 Å². The number of halogens is 3. The molecule has 1 unspecified atom stereocenters. The molecule has 4 aromatic rings. The van der Waals surface area contributed by atoms with Gasteiger partial charge >= 0.3 is 228 Å². The number of likely N-dealkylation sites (N-methyl/N-ethyl adjacent to an activating group) is 1. The van der Waals surface area contributed by atoms with Gasteiger partial charge in [0.1, 0.15) is 0 Å². The van der Waals surface area contributed by atoms with E-state index in [2.05, 4.69) is 119 Å². The van der Waals surface area contributed by atoms with Gasteiger partial charge in [0.2, 0.25) is 0 Å². The molecule has 0 N–H and O–H groups in total. The molecule has 35 heavy (non-hydrogen) atoms. The maximum absolute atomic E-state index is 7.82. The molecule has 4 aromatic carbocycles. The fourth-order valence-corrected chi connectivity index (χ4v) is 21.6. The predicted octanol–water partition coefficient (Wildman–Crippen LogP) is 8.73. The van der Waals surface area contributed by atoms with Crippen LogP contribution in [-0.2, 0) is 14.9 Å². The summed E-state index contributed by atoms with van der Waals surface area (Å²) in [6.45, 7) is 0. The summed E-state index contributed by atoms with van der Waals surface area (Å²) >= 11 is -1.39. The third-order valence-corrected chi connectivity index (χ3v) is 23.6. The fourth-order valence-electron chi connectivity index (χ4n) is 6.45. The first kappa shape index (κ1) is 22.9. The van der Waals surface area contributed by atoms with Gasteiger partial charge in [0.05, 0.1) is 0 Å². The molecule has 173 valence electrons. The van der Waals surface area contributed by atoms with Crippen molar-refractivity contribution in [2.45, 2.75) is 9.67 Å². The predicted molar refractivity (Wildman–Crippen MR) is 154 cm³/mol. The van der Waals surface area contributed by atoms with Gasteiger partial charge in [-0.15, -0.1) is 0 Å². The van der Waals surface area contributed by atoms with E-state index in [4.69, 9.17) is 26.4 Å². The van der Waals surface area contributed by atoms with E-state index in [1.165, 1.54) is 50.2 Å². The zero-order valence-electron chi connectivity index (χ0n) is 18.8. The number of benzene rings is 4. The summed E-state index contributed by atoms with van der Waals surface area (Å²) in [6, 6.07) is 30.1. The van der Waals surface area contributed by atoms with Gasteiger partial charge in [-0.1, -0.05) is 0 Å². The third kappa shape index (κ3) is 3.10. The molecule has 0 radical (unpaired) electrons. The number of hydrogen-bond donors (Lipinski definition) is 1. The van der Waals surface area contributed by atoms with Crippen LogP contribution in [0, 0.1) is 0 Å². The summed E-state index contributed by atoms with van der Waals surface area (Å²) in [5.74, 6) is 0. The van der Waals surface area contributed by atoms with Gasteiger partial charge in [-0.05, 0) is 0 Å². The molecule has 0 bridgehead atoms. The van der Waals surface area contributed by atoms with Crippen LogP contribution in [0.5, 0.6) is 0 Å². The van der Waals surface area contributed by atoms with Gasteiger partial charge in [0.15, 0.2) is 0 Å². The van der Waals surface area contributed by atoms with Crippen LogP contribution in [0.1, 0.15) is 37.5 Å². The van der Waals surface area contributed by atoms with Crippen LogP contribution in [-0.4, -0.2) is 7.05 Å². The Kier molecular flexibility index (Phi) is 4.98. The second-order valence-corrected chi connectivity index (χ2v) is 37.5. The standard InChI is InChI=1S/C16H11BrN.C13H9.2ClH.H2S.Zr/c1-18-15-5-3-2-4-13(15)14-9-10-8-11(17)6-7-12(10)16(14)18;1-3-7-12-10(5-1)9-11-6-2-4-8-13(11)12;;;;/h2-3,5-9,16H,1H3;1-9H;2*1H;1H2;/q;;;;;+3/p-3. The molecule has 0 aromatic heterocycles. The molecule has 6 heteroatoms. The van der Waals surface area contributed by atoms with Crippen LogP contribution in [0.4, 0.5) is 5.69 Å². The monoisotopic (exact) mass is 654 g/mol. The number of anilines is 1. The molecule has 0 spiro atoms. The summed E-state index contributed by atoms with van der Waals surface area (Å²) in [5.41, 5.74) is 10.9. The quantitative estimate of drug-likeness (QED) is 0.211. The summed E-state index contributed by atoms with van der Waals surface area (Å²) in [6.07, 6.45) is 2.31. The second-order valence-electron chi connectivity index (χ2n) is 9.73. The zero-order chi connectivity index (χ0) is 24.1. The average Bonchev–Trinajstić information content (AvgIpc) is 3.47. The van der Waals surface area contributed by atoms with E-state index in [9.17, 15) is 0 Å². The van der Waals surface area contributed by atoms with Crippen molar-refractivity contribution >= 4 is 62.9 Å². The van der Waals surface area contributed by atoms with Gasteiger partial charge < -0.3 is 0 Å². The molecule has 1 atom stereocenters. The fraction of sp³-hybridized carbons (Fsp3) is 0.103. The Morgan fingerprint density at radius 1 is 0.829 bits per heavy atom. The van der Waals surface area contributed by atoms with Crippen molar-refractivity contribution in [2.75, 3.05) is 11.9 Å². The van der Waals surface area contributed by atoms with Crippen LogP contribution in [0.2, 0.25) is 0 Å². The molecule has 1 aliphatic heterocycles. The molecule has 7 rings (SSSR count). The van der Waals surface area contributed by atoms with Gasteiger partial charge in [0, 0.05) is 0 Å². The van der Waals surface area contributed by atoms with Crippen LogP contribution in [0.3, 0.4) is 0 Å². The van der Waals surface area contributed by atoms with E-state index >= 15 is 0 Å². The van der Waals surface area contributed by atoms with E-state index in [1.807, 2.05) is 0 Å². The summed E-state index contributed by atoms with van der Waals surface area (Å²) in [4.78, 5) is 2.35. The molecular formula is C29H21BrCl2NSZr. The minimum atomic E-state index is -5.02. The van der Waals surface area contributed by atoms with Crippen molar-refractivity contribution in [1.29, 1.82) is 0 Å². The third-order valence-electron chi connectivity index (χ3n) is 7.85. The Morgan fingerprint density at radius 2 is 1.49 bits per heavy atom. The molecule has 3 aliphatic rings. The number of fused-ring (bicyclic) bond motifs is 8. The second kappa shape index (κ2) is 7.62. The SMILES string of the molecule is CN1c2ccc[c]([Zr]([SH])([Cl])([Cl])[CH]3c4ccccc4-c4ccccc43)c2C2=Cc3cc(Br)ccc3C21. The van der Waals surface area contributed by atoms with Gasteiger partial charge in [-0.2, -0.15) is 0 Å². The molecule has 0 saturated heterocycles. The van der Waals surface area contributed by atoms with Crippen LogP contribution in [0.15, 0.2) is 89.4 Å². The van der Waals surface area contributed by atoms with E-state index in [1.54, 1.807) is 0 Å². The van der Waals surface area contributed by atoms with Crippen molar-refractivity contribution < 1.29 is 14.9 Å². The molecule has 0 fully saturated rings. The van der Waals surface area contributed by atoms with Crippen LogP contribution < -0.4 is 8.17 Å². The number of rotatable bonds is 2. The summed E-state index contributed by atoms with van der Waals surface area (Å²) < 4.78 is 1.97. The summed E-state index contributed by atoms with van der Waals surface area (Å²) in [5, 5.41) is 0. The molecule has 0 saturated carbocycles. The van der Waals surface area contributed by atoms with Gasteiger partial charge in [-0.3, -0.25) is 0 Å². The van der Waals surface area contributed by atoms with Crippen molar-refractivity contribution in [3.8, 4) is 11.1 Å². The Morgan fingerprint density at radius 3 is 2.17 bits per heavy atom. The Labute approximate surface area is 225 Å². The van der Waals surface area contributed by atoms with E-state index in [-0.39, 0.29) is 9.67 Å². The number of thiol groups is 1. The molecule has 1 nitrogen and oxygen atoms in total. The van der Waals surface area contributed by atoms with Gasteiger partial charge in [-0.25, -0.2) is 0 Å². The van der Waals surface area contributed by atoms with Crippen molar-refractivity contribution in [2.24, 2.45) is 0 Å². The Bertz CT molecular complexity index is 1560. The van der Waals surface area contributed by atoms with E-state index in [0.29, 0.717) is 0 Å². The number of nitrogens with zero attached hydrogens (tertiary/aromatic N) is 1. The Balaban J connectivity index is 1.48. The van der Waals surface area contributed by atoms with Crippen molar-refractivity contribution in [1.82, 2.24) is 0 Å². The zero-order valence-corrected chi connectivity index (χ0v) is 25.3. The topological polar surface area (TPSA) is 3.24 Å². The maximum atomic E-state index is 7.82. The summed E-state index contributed by atoms with van der Waals surface area (Å²) in [7, 11) is 23.2.